The molecule has 0 radical (unpaired) electrons. The fraction of sp³-hybridized carbons (Fsp3) is 0.240. The molecule has 1 atom stereocenters. The van der Waals surface area contributed by atoms with E-state index in [-0.39, 0.29) is 32.6 Å². The molecule has 3 amide bonds. The number of aliphatic imine (C=N–C) groups is 1. The molecule has 37 heavy (non-hydrogen) atoms. The molecule has 2 heterocycles. The van der Waals surface area contributed by atoms with Gasteiger partial charge in [-0.3, -0.25) is 19.3 Å². The molecule has 2 aromatic carbocycles. The number of halogens is 2. The second-order valence-electron chi connectivity index (χ2n) is 8.16. The Labute approximate surface area is 227 Å². The van der Waals surface area contributed by atoms with Gasteiger partial charge < -0.3 is 15.4 Å². The third-order valence-corrected chi connectivity index (χ3v) is 7.15. The van der Waals surface area contributed by atoms with Gasteiger partial charge >= 0.3 is 5.97 Å². The van der Waals surface area contributed by atoms with Gasteiger partial charge in [0, 0.05) is 29.2 Å². The molecule has 2 saturated heterocycles. The third kappa shape index (κ3) is 6.40. The highest BCUT2D eigenvalue weighted by molar-refractivity contribution is 8.19. The summed E-state index contributed by atoms with van der Waals surface area (Å²) in [6, 6.07) is 10.7. The van der Waals surface area contributed by atoms with Crippen LogP contribution in [0.2, 0.25) is 10.0 Å². The topological polar surface area (TPSA) is 117 Å². The Hall–Kier alpha value is -3.18. The van der Waals surface area contributed by atoms with Crippen LogP contribution in [0, 0.1) is 0 Å². The quantitative estimate of drug-likeness (QED) is 0.421. The molecule has 4 rings (SSSR count). The summed E-state index contributed by atoms with van der Waals surface area (Å²) >= 11 is 12.9. The second-order valence-corrected chi connectivity index (χ2v) is 10.0. The minimum absolute atomic E-state index is 0.0154. The molecule has 2 N–H and O–H groups in total. The highest BCUT2D eigenvalue weighted by Gasteiger charge is 2.36. The number of esters is 1. The number of thioether (sulfide) groups is 1. The van der Waals surface area contributed by atoms with E-state index in [1.54, 1.807) is 24.3 Å². The summed E-state index contributed by atoms with van der Waals surface area (Å²) in [4.78, 5) is 55.9. The molecule has 2 aliphatic rings. The first-order valence-corrected chi connectivity index (χ1v) is 12.9. The monoisotopic (exact) mass is 560 g/mol. The summed E-state index contributed by atoms with van der Waals surface area (Å²) in [6.07, 6.45) is 2.92. The lowest BCUT2D eigenvalue weighted by Crippen LogP contribution is -2.45. The summed E-state index contributed by atoms with van der Waals surface area (Å²) in [5.41, 5.74) is 0.873. The number of ether oxygens (including phenoxy) is 1. The number of piperidine rings is 1. The maximum Gasteiger partial charge on any atom is 0.331 e. The van der Waals surface area contributed by atoms with Gasteiger partial charge in [-0.15, -0.1) is 0 Å². The van der Waals surface area contributed by atoms with Crippen molar-refractivity contribution in [2.24, 2.45) is 4.99 Å². The SMILES string of the molecule is COC(=O)C=C1SC(=NC(=O)c2ccc(Cl)cc2Cl)N(c2ccc(C(=O)NC3CCCNC3)cc2)C1=O. The van der Waals surface area contributed by atoms with Crippen LogP contribution >= 0.6 is 35.0 Å². The van der Waals surface area contributed by atoms with Gasteiger partial charge in [-0.2, -0.15) is 4.99 Å². The van der Waals surface area contributed by atoms with Gasteiger partial charge in [-0.1, -0.05) is 23.2 Å². The second kappa shape index (κ2) is 11.9. The molecule has 9 nitrogen and oxygen atoms in total. The number of anilines is 1. The van der Waals surface area contributed by atoms with Crippen LogP contribution in [-0.2, 0) is 14.3 Å². The molecular weight excluding hydrogens is 539 g/mol. The van der Waals surface area contributed by atoms with Crippen LogP contribution in [-0.4, -0.2) is 55.1 Å². The van der Waals surface area contributed by atoms with Gasteiger partial charge in [0.1, 0.15) is 0 Å². The Balaban J connectivity index is 1.62. The maximum absolute atomic E-state index is 13.2. The first kappa shape index (κ1) is 26.9. The molecule has 0 saturated carbocycles. The zero-order valence-corrected chi connectivity index (χ0v) is 22.0. The van der Waals surface area contributed by atoms with E-state index in [2.05, 4.69) is 20.4 Å². The zero-order chi connectivity index (χ0) is 26.5. The lowest BCUT2D eigenvalue weighted by Gasteiger charge is -2.24. The number of benzene rings is 2. The number of carbonyl (C=O) groups excluding carboxylic acids is 4. The number of hydrogen-bond donors (Lipinski definition) is 2. The molecule has 192 valence electrons. The molecule has 1 unspecified atom stereocenters. The van der Waals surface area contributed by atoms with Crippen molar-refractivity contribution in [2.75, 3.05) is 25.1 Å². The molecule has 0 spiro atoms. The Morgan fingerprint density at radius 1 is 1.19 bits per heavy atom. The van der Waals surface area contributed by atoms with E-state index in [0.29, 0.717) is 22.8 Å². The van der Waals surface area contributed by atoms with E-state index in [9.17, 15) is 19.2 Å². The first-order valence-electron chi connectivity index (χ1n) is 11.3. The summed E-state index contributed by atoms with van der Waals surface area (Å²) < 4.78 is 4.63. The molecule has 2 fully saturated rings. The van der Waals surface area contributed by atoms with Crippen molar-refractivity contribution in [1.82, 2.24) is 10.6 Å². The molecule has 0 aliphatic carbocycles. The van der Waals surface area contributed by atoms with E-state index < -0.39 is 17.8 Å². The number of nitrogens with one attached hydrogen (secondary N) is 2. The number of amides is 3. The Morgan fingerprint density at radius 3 is 2.59 bits per heavy atom. The molecule has 12 heteroatoms. The van der Waals surface area contributed by atoms with Crippen LogP contribution in [0.15, 0.2) is 58.4 Å². The molecule has 0 bridgehead atoms. The van der Waals surface area contributed by atoms with Crippen molar-refractivity contribution in [3.63, 3.8) is 0 Å². The van der Waals surface area contributed by atoms with Crippen LogP contribution in [0.4, 0.5) is 5.69 Å². The first-order chi connectivity index (χ1) is 17.8. The van der Waals surface area contributed by atoms with Crippen LogP contribution in [0.1, 0.15) is 33.6 Å². The van der Waals surface area contributed by atoms with Gasteiger partial charge in [0.05, 0.1) is 28.3 Å². The van der Waals surface area contributed by atoms with Crippen LogP contribution < -0.4 is 15.5 Å². The summed E-state index contributed by atoms with van der Waals surface area (Å²) in [7, 11) is 1.19. The van der Waals surface area contributed by atoms with E-state index in [4.69, 9.17) is 23.2 Å². The predicted molar refractivity (Wildman–Crippen MR) is 143 cm³/mol. The van der Waals surface area contributed by atoms with Crippen molar-refractivity contribution < 1.29 is 23.9 Å². The Bertz CT molecular complexity index is 1310. The molecular formula is C25H22Cl2N4O5S. The fourth-order valence-corrected chi connectivity index (χ4v) is 5.19. The van der Waals surface area contributed by atoms with Crippen molar-refractivity contribution in [1.29, 1.82) is 0 Å². The maximum atomic E-state index is 13.2. The molecule has 2 aliphatic heterocycles. The third-order valence-electron chi connectivity index (χ3n) is 5.64. The number of hydrogen-bond acceptors (Lipinski definition) is 7. The highest BCUT2D eigenvalue weighted by atomic mass is 35.5. The van der Waals surface area contributed by atoms with E-state index in [1.165, 1.54) is 30.2 Å². The summed E-state index contributed by atoms with van der Waals surface area (Å²) in [6.45, 7) is 1.65. The van der Waals surface area contributed by atoms with Gasteiger partial charge in [0.25, 0.3) is 17.7 Å². The van der Waals surface area contributed by atoms with E-state index >= 15 is 0 Å². The number of rotatable bonds is 5. The average Bonchev–Trinajstić information content (AvgIpc) is 3.18. The number of carbonyl (C=O) groups is 4. The normalized spacial score (nSPS) is 19.8. The summed E-state index contributed by atoms with van der Waals surface area (Å²) in [5, 5.41) is 6.72. The minimum Gasteiger partial charge on any atom is -0.466 e. The van der Waals surface area contributed by atoms with Crippen LogP contribution in [0.5, 0.6) is 0 Å². The largest absolute Gasteiger partial charge is 0.466 e. The van der Waals surface area contributed by atoms with Gasteiger partial charge in [-0.05, 0) is 73.6 Å². The average molecular weight is 561 g/mol. The van der Waals surface area contributed by atoms with Gasteiger partial charge in [-0.25, -0.2) is 4.79 Å². The van der Waals surface area contributed by atoms with Gasteiger partial charge in [0.15, 0.2) is 5.17 Å². The van der Waals surface area contributed by atoms with Crippen molar-refractivity contribution in [3.8, 4) is 0 Å². The highest BCUT2D eigenvalue weighted by Crippen LogP contribution is 2.35. The molecule has 2 aromatic rings. The Morgan fingerprint density at radius 2 is 1.95 bits per heavy atom. The van der Waals surface area contributed by atoms with Gasteiger partial charge in [0.2, 0.25) is 0 Å². The smallest absolute Gasteiger partial charge is 0.331 e. The predicted octanol–water partition coefficient (Wildman–Crippen LogP) is 3.81. The van der Waals surface area contributed by atoms with Crippen LogP contribution in [0.3, 0.4) is 0 Å². The fourth-order valence-electron chi connectivity index (χ4n) is 3.76. The van der Waals surface area contributed by atoms with Crippen molar-refractivity contribution >= 4 is 69.5 Å². The van der Waals surface area contributed by atoms with Crippen LogP contribution in [0.25, 0.3) is 0 Å². The lowest BCUT2D eigenvalue weighted by molar-refractivity contribution is -0.135. The summed E-state index contributed by atoms with van der Waals surface area (Å²) in [5.74, 6) is -2.23. The zero-order valence-electron chi connectivity index (χ0n) is 19.6. The molecule has 0 aromatic heterocycles. The number of nitrogens with zero attached hydrogens (tertiary/aromatic N) is 2. The minimum atomic E-state index is -0.728. The Kier molecular flexibility index (Phi) is 8.65. The standard InChI is InChI=1S/C25H22Cl2N4O5S/c1-36-21(32)12-20-24(35)31(25(37-20)30-23(34)18-9-6-15(26)11-19(18)27)17-7-4-14(5-8-17)22(33)29-16-3-2-10-28-13-16/h4-9,11-12,16,28H,2-3,10,13H2,1H3,(H,29,33). The van der Waals surface area contributed by atoms with E-state index in [1.807, 2.05) is 0 Å². The lowest BCUT2D eigenvalue weighted by atomic mass is 10.1. The number of methoxy groups -OCH3 is 1. The van der Waals surface area contributed by atoms with Crippen molar-refractivity contribution in [3.05, 3.63) is 74.6 Å². The van der Waals surface area contributed by atoms with Crippen molar-refractivity contribution in [2.45, 2.75) is 18.9 Å². The van der Waals surface area contributed by atoms with E-state index in [0.717, 1.165) is 37.2 Å². The number of amidine groups is 1.